The molecular weight excluding hydrogens is 522 g/mol. The van der Waals surface area contributed by atoms with Crippen molar-refractivity contribution >= 4 is 24.5 Å². The predicted octanol–water partition coefficient (Wildman–Crippen LogP) is 0.357. The first-order valence-corrected chi connectivity index (χ1v) is 12.0. The Morgan fingerprint density at radius 3 is 1.90 bits per heavy atom. The molecule has 0 fully saturated rings. The van der Waals surface area contributed by atoms with E-state index in [-0.39, 0.29) is 36.3 Å². The maximum Gasteiger partial charge on any atom is 0.296 e. The van der Waals surface area contributed by atoms with Gasteiger partial charge in [0, 0.05) is 31.8 Å². The van der Waals surface area contributed by atoms with E-state index in [1.165, 1.54) is 31.0 Å². The largest absolute Gasteiger partial charge is 0.382 e. The van der Waals surface area contributed by atoms with Gasteiger partial charge in [-0.15, -0.1) is 10.1 Å². The molecule has 0 N–H and O–H groups in total. The Balaban J connectivity index is 2.50. The van der Waals surface area contributed by atoms with E-state index in [0.717, 1.165) is 0 Å². The third-order valence-electron chi connectivity index (χ3n) is 5.14. The van der Waals surface area contributed by atoms with Crippen LogP contribution < -0.4 is 0 Å². The lowest BCUT2D eigenvalue weighted by Gasteiger charge is -2.20. The van der Waals surface area contributed by atoms with Crippen LogP contribution in [-0.2, 0) is 33.3 Å². The second-order valence-electron chi connectivity index (χ2n) is 7.90. The van der Waals surface area contributed by atoms with Crippen LogP contribution in [0, 0.1) is 17.0 Å². The summed E-state index contributed by atoms with van der Waals surface area (Å²) in [5.41, 5.74) is 0.166. The Kier molecular flexibility index (Phi) is 16.8. The zero-order valence-corrected chi connectivity index (χ0v) is 22.3. The minimum absolute atomic E-state index is 0.0400. The van der Waals surface area contributed by atoms with Crippen molar-refractivity contribution in [3.05, 3.63) is 44.5 Å². The molecule has 0 unspecified atom stereocenters. The number of carbonyl (C=O) groups excluding carboxylic acids is 4. The van der Waals surface area contributed by atoms with Crippen molar-refractivity contribution in [2.24, 2.45) is 0 Å². The quantitative estimate of drug-likeness (QED) is 0.0630. The van der Waals surface area contributed by atoms with Gasteiger partial charge in [0.25, 0.3) is 16.9 Å². The SMILES string of the molecule is COCCOCCOCCOCCOCCN(C)C(=O)c1cc(C(=O)N(C=O)CO[N+](=O)[O-])c(C)cc1C=O. The molecule has 39 heavy (non-hydrogen) atoms. The fraction of sp³-hybridized carbons (Fsp3) is 0.583. The van der Waals surface area contributed by atoms with Gasteiger partial charge in [0.05, 0.1) is 65.0 Å². The van der Waals surface area contributed by atoms with Crippen LogP contribution in [-0.4, -0.2) is 126 Å². The van der Waals surface area contributed by atoms with Gasteiger partial charge in [-0.3, -0.25) is 28.9 Å². The minimum atomic E-state index is -1.15. The van der Waals surface area contributed by atoms with Crippen molar-refractivity contribution in [2.45, 2.75) is 6.92 Å². The summed E-state index contributed by atoms with van der Waals surface area (Å²) in [6.45, 7) is 4.35. The lowest BCUT2D eigenvalue weighted by molar-refractivity contribution is -0.761. The lowest BCUT2D eigenvalue weighted by atomic mass is 9.98. The Morgan fingerprint density at radius 1 is 0.872 bits per heavy atom. The van der Waals surface area contributed by atoms with E-state index in [1.807, 2.05) is 0 Å². The van der Waals surface area contributed by atoms with E-state index in [0.29, 0.717) is 69.6 Å². The predicted molar refractivity (Wildman–Crippen MR) is 134 cm³/mol. The summed E-state index contributed by atoms with van der Waals surface area (Å²) in [6.07, 6.45) is 0.545. The molecule has 0 atom stereocenters. The van der Waals surface area contributed by atoms with Crippen molar-refractivity contribution in [3.8, 4) is 0 Å². The van der Waals surface area contributed by atoms with Gasteiger partial charge >= 0.3 is 0 Å². The van der Waals surface area contributed by atoms with E-state index < -0.39 is 23.6 Å². The van der Waals surface area contributed by atoms with E-state index in [4.69, 9.17) is 23.7 Å². The molecule has 1 rings (SSSR count). The van der Waals surface area contributed by atoms with E-state index in [1.54, 1.807) is 7.11 Å². The number of nitrogens with zero attached hydrogens (tertiary/aromatic N) is 3. The normalized spacial score (nSPS) is 10.6. The fourth-order valence-corrected chi connectivity index (χ4v) is 3.06. The molecule has 0 aromatic heterocycles. The number of carbonyl (C=O) groups is 4. The average Bonchev–Trinajstić information content (AvgIpc) is 2.92. The van der Waals surface area contributed by atoms with Crippen LogP contribution in [0.5, 0.6) is 0 Å². The molecule has 0 heterocycles. The maximum atomic E-state index is 13.0. The zero-order chi connectivity index (χ0) is 29.0. The second kappa shape index (κ2) is 19.6. The van der Waals surface area contributed by atoms with Crippen LogP contribution in [0.4, 0.5) is 0 Å². The third kappa shape index (κ3) is 12.7. The Morgan fingerprint density at radius 2 is 1.41 bits per heavy atom. The number of imide groups is 1. The smallest absolute Gasteiger partial charge is 0.296 e. The van der Waals surface area contributed by atoms with E-state index in [2.05, 4.69) is 4.84 Å². The van der Waals surface area contributed by atoms with Crippen molar-refractivity contribution in [2.75, 3.05) is 86.9 Å². The fourth-order valence-electron chi connectivity index (χ4n) is 3.06. The minimum Gasteiger partial charge on any atom is -0.382 e. The van der Waals surface area contributed by atoms with Gasteiger partial charge in [0.1, 0.15) is 0 Å². The van der Waals surface area contributed by atoms with Crippen LogP contribution in [0.3, 0.4) is 0 Å². The molecular formula is C24H35N3O12. The number of benzene rings is 1. The number of aryl methyl sites for hydroxylation is 1. The molecule has 0 radical (unpaired) electrons. The molecule has 0 spiro atoms. The van der Waals surface area contributed by atoms with Gasteiger partial charge in [-0.05, 0) is 24.6 Å². The van der Waals surface area contributed by atoms with Crippen LogP contribution in [0.1, 0.15) is 36.6 Å². The van der Waals surface area contributed by atoms with Gasteiger partial charge in [-0.2, -0.15) is 0 Å². The van der Waals surface area contributed by atoms with Crippen molar-refractivity contribution in [1.82, 2.24) is 9.80 Å². The van der Waals surface area contributed by atoms with Gasteiger partial charge in [-0.25, -0.2) is 0 Å². The summed E-state index contributed by atoms with van der Waals surface area (Å²) in [5, 5.41) is 9.25. The first kappa shape index (κ1) is 33.5. The summed E-state index contributed by atoms with van der Waals surface area (Å²) < 4.78 is 26.4. The molecule has 1 aromatic carbocycles. The molecule has 1 aromatic rings. The number of methoxy groups -OCH3 is 1. The number of likely N-dealkylation sites (N-methyl/N-ethyl adjacent to an activating group) is 1. The summed E-state index contributed by atoms with van der Waals surface area (Å²) in [5.74, 6) is -1.49. The molecule has 0 saturated carbocycles. The van der Waals surface area contributed by atoms with E-state index in [9.17, 15) is 29.3 Å². The highest BCUT2D eigenvalue weighted by molar-refractivity contribution is 6.06. The number of amides is 3. The van der Waals surface area contributed by atoms with Crippen LogP contribution in [0.25, 0.3) is 0 Å². The molecule has 0 saturated heterocycles. The van der Waals surface area contributed by atoms with Crippen molar-refractivity contribution < 1.29 is 52.8 Å². The number of hydrogen-bond donors (Lipinski definition) is 0. The van der Waals surface area contributed by atoms with Gasteiger partial charge in [0.2, 0.25) is 6.41 Å². The highest BCUT2D eigenvalue weighted by Gasteiger charge is 2.23. The number of rotatable bonds is 22. The summed E-state index contributed by atoms with van der Waals surface area (Å²) in [6, 6.07) is 2.50. The topological polar surface area (TPSA) is 173 Å². The number of hydrogen-bond acceptors (Lipinski definition) is 12. The van der Waals surface area contributed by atoms with Gasteiger partial charge in [-0.1, -0.05) is 0 Å². The molecule has 218 valence electrons. The van der Waals surface area contributed by atoms with Crippen LogP contribution in [0.15, 0.2) is 12.1 Å². The van der Waals surface area contributed by atoms with Gasteiger partial charge in [0.15, 0.2) is 13.0 Å². The summed E-state index contributed by atoms with van der Waals surface area (Å²) in [7, 11) is 3.10. The molecule has 15 nitrogen and oxygen atoms in total. The van der Waals surface area contributed by atoms with Crippen molar-refractivity contribution in [3.63, 3.8) is 0 Å². The van der Waals surface area contributed by atoms with E-state index >= 15 is 0 Å². The monoisotopic (exact) mass is 557 g/mol. The standard InChI is InChI=1S/C24H35N3O12/c1-19-14-20(16-28)22(15-21(19)24(31)26(17-29)18-39-27(32)33)23(30)25(2)4-5-35-8-9-37-12-13-38-11-10-36-7-6-34-3/h14-17H,4-13,18H2,1-3H3. The number of aldehydes is 1. The molecule has 0 aliphatic rings. The number of ether oxygens (including phenoxy) is 5. The lowest BCUT2D eigenvalue weighted by Crippen LogP contribution is -2.34. The average molecular weight is 558 g/mol. The first-order valence-electron chi connectivity index (χ1n) is 12.0. The molecule has 3 amide bonds. The molecule has 15 heteroatoms. The van der Waals surface area contributed by atoms with Crippen molar-refractivity contribution in [1.29, 1.82) is 0 Å². The van der Waals surface area contributed by atoms with Crippen LogP contribution >= 0.6 is 0 Å². The van der Waals surface area contributed by atoms with Gasteiger partial charge < -0.3 is 28.6 Å². The molecule has 0 aliphatic carbocycles. The Bertz CT molecular complexity index is 943. The molecule has 0 aliphatic heterocycles. The second-order valence-corrected chi connectivity index (χ2v) is 7.90. The first-order chi connectivity index (χ1) is 18.8. The third-order valence-corrected chi connectivity index (χ3v) is 5.14. The Hall–Kier alpha value is -3.50. The maximum absolute atomic E-state index is 13.0. The highest BCUT2D eigenvalue weighted by Crippen LogP contribution is 2.19. The summed E-state index contributed by atoms with van der Waals surface area (Å²) >= 11 is 0. The zero-order valence-electron chi connectivity index (χ0n) is 22.3. The van der Waals surface area contributed by atoms with Crippen LogP contribution in [0.2, 0.25) is 0 Å². The molecule has 0 bridgehead atoms. The highest BCUT2D eigenvalue weighted by atomic mass is 17.0. The Labute approximate surface area is 225 Å². The summed E-state index contributed by atoms with van der Waals surface area (Å²) in [4.78, 5) is 64.7.